The zero-order chi connectivity index (χ0) is 13.9. The molecule has 0 aliphatic rings. The predicted octanol–water partition coefficient (Wildman–Crippen LogP) is 2.57. The van der Waals surface area contributed by atoms with E-state index in [1.165, 1.54) is 0 Å². The second-order valence-corrected chi connectivity index (χ2v) is 7.15. The molecular formula is C11H20BrNO4. The number of amides is 1. The average Bonchev–Trinajstić information content (AvgIpc) is 1.96. The van der Waals surface area contributed by atoms with E-state index in [0.29, 0.717) is 0 Å². The van der Waals surface area contributed by atoms with Crippen molar-refractivity contribution in [2.75, 3.05) is 0 Å². The summed E-state index contributed by atoms with van der Waals surface area (Å²) in [6.45, 7) is 10.1. The van der Waals surface area contributed by atoms with Crippen molar-refractivity contribution in [1.82, 2.24) is 5.32 Å². The van der Waals surface area contributed by atoms with E-state index in [-0.39, 0.29) is 0 Å². The van der Waals surface area contributed by atoms with E-state index in [1.807, 2.05) is 0 Å². The highest BCUT2D eigenvalue weighted by Gasteiger charge is 2.28. The second-order valence-electron chi connectivity index (χ2n) is 5.17. The minimum Gasteiger partial charge on any atom is -0.444 e. The number of esters is 1. The SMILES string of the molecule is CC(NC(=O)OC(C)(C)C)OC(=O)C(C)(C)Br. The molecule has 100 valence electrons. The summed E-state index contributed by atoms with van der Waals surface area (Å²) in [6.07, 6.45) is -1.36. The van der Waals surface area contributed by atoms with Crippen molar-refractivity contribution < 1.29 is 19.1 Å². The first kappa shape index (κ1) is 16.2. The number of hydrogen-bond donors (Lipinski definition) is 1. The van der Waals surface area contributed by atoms with Gasteiger partial charge in [-0.15, -0.1) is 0 Å². The first-order valence-corrected chi connectivity index (χ1v) is 6.10. The summed E-state index contributed by atoms with van der Waals surface area (Å²) >= 11 is 3.17. The molecule has 0 aromatic rings. The maximum atomic E-state index is 11.5. The van der Waals surface area contributed by atoms with E-state index in [2.05, 4.69) is 21.2 Å². The van der Waals surface area contributed by atoms with Gasteiger partial charge in [0.1, 0.15) is 9.93 Å². The summed E-state index contributed by atoms with van der Waals surface area (Å²) in [4.78, 5) is 22.8. The topological polar surface area (TPSA) is 64.6 Å². The van der Waals surface area contributed by atoms with E-state index in [1.54, 1.807) is 41.5 Å². The number of rotatable bonds is 3. The largest absolute Gasteiger partial charge is 0.444 e. The van der Waals surface area contributed by atoms with Crippen molar-refractivity contribution in [2.45, 2.75) is 57.7 Å². The molecule has 0 radical (unpaired) electrons. The van der Waals surface area contributed by atoms with Crippen LogP contribution in [0, 0.1) is 0 Å². The summed E-state index contributed by atoms with van der Waals surface area (Å²) in [7, 11) is 0. The fraction of sp³-hybridized carbons (Fsp3) is 0.818. The molecule has 0 fully saturated rings. The Hall–Kier alpha value is -0.780. The molecule has 0 rings (SSSR count). The molecule has 0 bridgehead atoms. The number of carbonyl (C=O) groups excluding carboxylic acids is 2. The number of hydrogen-bond acceptors (Lipinski definition) is 4. The summed E-state index contributed by atoms with van der Waals surface area (Å²) in [5, 5.41) is 2.41. The Bertz CT molecular complexity index is 291. The molecule has 6 heteroatoms. The molecule has 0 heterocycles. The first-order chi connectivity index (χ1) is 7.42. The first-order valence-electron chi connectivity index (χ1n) is 5.31. The van der Waals surface area contributed by atoms with Gasteiger partial charge in [-0.25, -0.2) is 4.79 Å². The Labute approximate surface area is 110 Å². The van der Waals surface area contributed by atoms with Crippen molar-refractivity contribution in [1.29, 1.82) is 0 Å². The summed E-state index contributed by atoms with van der Waals surface area (Å²) in [5.41, 5.74) is -0.581. The Balaban J connectivity index is 4.16. The van der Waals surface area contributed by atoms with Crippen molar-refractivity contribution >= 4 is 28.0 Å². The molecule has 0 aliphatic heterocycles. The average molecular weight is 310 g/mol. The lowest BCUT2D eigenvalue weighted by molar-refractivity contribution is -0.151. The molecule has 1 unspecified atom stereocenters. The van der Waals surface area contributed by atoms with Crippen LogP contribution in [0.15, 0.2) is 0 Å². The van der Waals surface area contributed by atoms with Gasteiger partial charge in [-0.3, -0.25) is 10.1 Å². The van der Waals surface area contributed by atoms with Crippen LogP contribution in [0.5, 0.6) is 0 Å². The third-order valence-corrected chi connectivity index (χ3v) is 1.81. The summed E-state index contributed by atoms with van der Waals surface area (Å²) in [6, 6.07) is 0. The van der Waals surface area contributed by atoms with Crippen molar-refractivity contribution in [3.05, 3.63) is 0 Å². The van der Waals surface area contributed by atoms with E-state index < -0.39 is 28.2 Å². The lowest BCUT2D eigenvalue weighted by atomic mass is 10.2. The van der Waals surface area contributed by atoms with Gasteiger partial charge in [0, 0.05) is 0 Å². The molecule has 1 N–H and O–H groups in total. The van der Waals surface area contributed by atoms with Gasteiger partial charge in [-0.05, 0) is 41.5 Å². The second kappa shape index (κ2) is 5.71. The van der Waals surface area contributed by atoms with Gasteiger partial charge < -0.3 is 9.47 Å². The van der Waals surface area contributed by atoms with Gasteiger partial charge in [-0.1, -0.05) is 15.9 Å². The third-order valence-electron chi connectivity index (χ3n) is 1.49. The fourth-order valence-electron chi connectivity index (χ4n) is 0.804. The van der Waals surface area contributed by atoms with Gasteiger partial charge in [-0.2, -0.15) is 0 Å². The lowest BCUT2D eigenvalue weighted by Crippen LogP contribution is -2.42. The fourth-order valence-corrected chi connectivity index (χ4v) is 0.897. The Morgan fingerprint density at radius 2 is 1.65 bits per heavy atom. The minimum atomic E-state index is -0.781. The Morgan fingerprint density at radius 3 is 2.00 bits per heavy atom. The number of nitrogens with one attached hydrogen (secondary N) is 1. The predicted molar refractivity (Wildman–Crippen MR) is 67.9 cm³/mol. The van der Waals surface area contributed by atoms with Gasteiger partial charge in [0.15, 0.2) is 6.23 Å². The maximum Gasteiger partial charge on any atom is 0.410 e. The number of carbonyl (C=O) groups is 2. The van der Waals surface area contributed by atoms with Crippen LogP contribution in [0.1, 0.15) is 41.5 Å². The van der Waals surface area contributed by atoms with Gasteiger partial charge >= 0.3 is 12.1 Å². The quantitative estimate of drug-likeness (QED) is 0.494. The van der Waals surface area contributed by atoms with Crippen LogP contribution in [0.25, 0.3) is 0 Å². The standard InChI is InChI=1S/C11H20BrNO4/c1-7(16-8(14)11(5,6)12)13-9(15)17-10(2,3)4/h7H,1-6H3,(H,13,15). The van der Waals surface area contributed by atoms with E-state index in [4.69, 9.17) is 9.47 Å². The highest BCUT2D eigenvalue weighted by Crippen LogP contribution is 2.18. The van der Waals surface area contributed by atoms with E-state index in [9.17, 15) is 9.59 Å². The van der Waals surface area contributed by atoms with Gasteiger partial charge in [0.05, 0.1) is 0 Å². The molecule has 0 spiro atoms. The smallest absolute Gasteiger partial charge is 0.410 e. The minimum absolute atomic E-state index is 0.457. The van der Waals surface area contributed by atoms with Crippen LogP contribution in [-0.4, -0.2) is 28.2 Å². The maximum absolute atomic E-state index is 11.5. The molecule has 5 nitrogen and oxygen atoms in total. The molecule has 1 amide bonds. The van der Waals surface area contributed by atoms with E-state index in [0.717, 1.165) is 0 Å². The van der Waals surface area contributed by atoms with Crippen LogP contribution in [0.3, 0.4) is 0 Å². The number of alkyl carbamates (subject to hydrolysis) is 1. The highest BCUT2D eigenvalue weighted by molar-refractivity contribution is 9.10. The normalized spacial score (nSPS) is 13.8. The third kappa shape index (κ3) is 8.01. The van der Waals surface area contributed by atoms with Crippen molar-refractivity contribution in [3.63, 3.8) is 0 Å². The Morgan fingerprint density at radius 1 is 1.18 bits per heavy atom. The molecule has 17 heavy (non-hydrogen) atoms. The van der Waals surface area contributed by atoms with Crippen LogP contribution >= 0.6 is 15.9 Å². The molecule has 0 saturated heterocycles. The number of ether oxygens (including phenoxy) is 2. The monoisotopic (exact) mass is 309 g/mol. The molecule has 0 aromatic heterocycles. The van der Waals surface area contributed by atoms with E-state index >= 15 is 0 Å². The lowest BCUT2D eigenvalue weighted by Gasteiger charge is -2.23. The van der Waals surface area contributed by atoms with Gasteiger partial charge in [0.25, 0.3) is 0 Å². The van der Waals surface area contributed by atoms with Gasteiger partial charge in [0.2, 0.25) is 0 Å². The van der Waals surface area contributed by atoms with Crippen molar-refractivity contribution in [3.8, 4) is 0 Å². The van der Waals surface area contributed by atoms with Crippen LogP contribution in [0.4, 0.5) is 4.79 Å². The molecule has 1 atom stereocenters. The summed E-state index contributed by atoms with van der Waals surface area (Å²) in [5.74, 6) is -0.457. The van der Waals surface area contributed by atoms with Crippen LogP contribution < -0.4 is 5.32 Å². The molecule has 0 saturated carbocycles. The molecular weight excluding hydrogens is 290 g/mol. The van der Waals surface area contributed by atoms with Crippen LogP contribution in [-0.2, 0) is 14.3 Å². The van der Waals surface area contributed by atoms with Crippen molar-refractivity contribution in [2.24, 2.45) is 0 Å². The number of halogens is 1. The Kier molecular flexibility index (Phi) is 5.45. The zero-order valence-corrected chi connectivity index (χ0v) is 12.7. The molecule has 0 aliphatic carbocycles. The summed E-state index contributed by atoms with van der Waals surface area (Å²) < 4.78 is 9.24. The van der Waals surface area contributed by atoms with Crippen LogP contribution in [0.2, 0.25) is 0 Å². The highest BCUT2D eigenvalue weighted by atomic mass is 79.9. The zero-order valence-electron chi connectivity index (χ0n) is 11.1. The number of alkyl halides is 1. The molecule has 0 aromatic carbocycles.